The zero-order valence-electron chi connectivity index (χ0n) is 15.4. The first kappa shape index (κ1) is 18.3. The standard InChI is InChI=1S/C21H26N2O3/c1-25-19-12-6-11-18(20(19)26-2)21(24)22-14-17-10-7-13-23(17)15-16-8-4-3-5-9-16/h3-6,8-9,11-12,17H,7,10,13-15H2,1-2H3,(H,22,24)/t17-/m1/s1. The number of hydrogen-bond acceptors (Lipinski definition) is 4. The van der Waals surface area contributed by atoms with Crippen LogP contribution in [0.15, 0.2) is 48.5 Å². The molecule has 0 radical (unpaired) electrons. The van der Waals surface area contributed by atoms with Crippen LogP contribution in [0.1, 0.15) is 28.8 Å². The molecule has 0 spiro atoms. The van der Waals surface area contributed by atoms with Gasteiger partial charge in [0, 0.05) is 19.1 Å². The second kappa shape index (κ2) is 8.72. The Morgan fingerprint density at radius 1 is 1.12 bits per heavy atom. The molecule has 0 aliphatic carbocycles. The van der Waals surface area contributed by atoms with E-state index in [2.05, 4.69) is 34.5 Å². The second-order valence-electron chi connectivity index (χ2n) is 6.50. The number of likely N-dealkylation sites (tertiary alicyclic amines) is 1. The summed E-state index contributed by atoms with van der Waals surface area (Å²) in [5, 5.41) is 3.07. The van der Waals surface area contributed by atoms with Gasteiger partial charge in [0.25, 0.3) is 5.91 Å². The summed E-state index contributed by atoms with van der Waals surface area (Å²) in [4.78, 5) is 15.1. The molecule has 0 unspecified atom stereocenters. The summed E-state index contributed by atoms with van der Waals surface area (Å²) in [6.45, 7) is 2.62. The molecule has 0 aromatic heterocycles. The van der Waals surface area contributed by atoms with Crippen molar-refractivity contribution < 1.29 is 14.3 Å². The number of hydrogen-bond donors (Lipinski definition) is 1. The van der Waals surface area contributed by atoms with Gasteiger partial charge in [-0.15, -0.1) is 0 Å². The molecule has 138 valence electrons. The highest BCUT2D eigenvalue weighted by atomic mass is 16.5. The third-order valence-electron chi connectivity index (χ3n) is 4.87. The van der Waals surface area contributed by atoms with Crippen LogP contribution in [-0.4, -0.2) is 44.2 Å². The quantitative estimate of drug-likeness (QED) is 0.830. The Kier molecular flexibility index (Phi) is 6.12. The number of para-hydroxylation sites is 1. The fourth-order valence-electron chi connectivity index (χ4n) is 3.52. The van der Waals surface area contributed by atoms with Gasteiger partial charge < -0.3 is 14.8 Å². The summed E-state index contributed by atoms with van der Waals surface area (Å²) in [6.07, 6.45) is 2.26. The fraction of sp³-hybridized carbons (Fsp3) is 0.381. The minimum atomic E-state index is -0.132. The van der Waals surface area contributed by atoms with E-state index in [1.807, 2.05) is 6.07 Å². The van der Waals surface area contributed by atoms with E-state index < -0.39 is 0 Å². The van der Waals surface area contributed by atoms with Gasteiger partial charge in [0.05, 0.1) is 19.8 Å². The van der Waals surface area contributed by atoms with Crippen LogP contribution in [0.25, 0.3) is 0 Å². The van der Waals surface area contributed by atoms with Crippen molar-refractivity contribution in [3.05, 3.63) is 59.7 Å². The highest BCUT2D eigenvalue weighted by molar-refractivity contribution is 5.97. The highest BCUT2D eigenvalue weighted by Crippen LogP contribution is 2.30. The molecule has 0 bridgehead atoms. The number of carbonyl (C=O) groups excluding carboxylic acids is 1. The molecular weight excluding hydrogens is 328 g/mol. The summed E-state index contributed by atoms with van der Waals surface area (Å²) in [5.74, 6) is 0.902. The first-order chi connectivity index (χ1) is 12.7. The molecule has 1 amide bonds. The summed E-state index contributed by atoms with van der Waals surface area (Å²) in [6, 6.07) is 16.2. The van der Waals surface area contributed by atoms with Crippen LogP contribution >= 0.6 is 0 Å². The Labute approximate surface area is 154 Å². The summed E-state index contributed by atoms with van der Waals surface area (Å²) >= 11 is 0. The lowest BCUT2D eigenvalue weighted by Crippen LogP contribution is -2.39. The van der Waals surface area contributed by atoms with Crippen molar-refractivity contribution in [2.75, 3.05) is 27.3 Å². The Hall–Kier alpha value is -2.53. The van der Waals surface area contributed by atoms with E-state index in [0.717, 1.165) is 25.9 Å². The van der Waals surface area contributed by atoms with Gasteiger partial charge in [-0.1, -0.05) is 36.4 Å². The maximum atomic E-state index is 12.6. The smallest absolute Gasteiger partial charge is 0.255 e. The molecule has 2 aromatic rings. The van der Waals surface area contributed by atoms with Crippen LogP contribution < -0.4 is 14.8 Å². The number of methoxy groups -OCH3 is 2. The topological polar surface area (TPSA) is 50.8 Å². The number of amides is 1. The molecule has 0 saturated carbocycles. The predicted octanol–water partition coefficient (Wildman–Crippen LogP) is 3.10. The van der Waals surface area contributed by atoms with Crippen LogP contribution in [-0.2, 0) is 6.54 Å². The Morgan fingerprint density at radius 2 is 1.92 bits per heavy atom. The van der Waals surface area contributed by atoms with Crippen LogP contribution in [0, 0.1) is 0 Å². The van der Waals surface area contributed by atoms with E-state index in [-0.39, 0.29) is 5.91 Å². The number of benzene rings is 2. The molecule has 1 fully saturated rings. The molecule has 1 aliphatic heterocycles. The van der Waals surface area contributed by atoms with E-state index in [1.54, 1.807) is 32.4 Å². The third kappa shape index (κ3) is 4.17. The van der Waals surface area contributed by atoms with E-state index in [4.69, 9.17) is 9.47 Å². The van der Waals surface area contributed by atoms with E-state index in [1.165, 1.54) is 5.56 Å². The lowest BCUT2D eigenvalue weighted by Gasteiger charge is -2.25. The van der Waals surface area contributed by atoms with Crippen LogP contribution in [0.2, 0.25) is 0 Å². The van der Waals surface area contributed by atoms with Gasteiger partial charge in [-0.05, 0) is 37.1 Å². The van der Waals surface area contributed by atoms with Crippen molar-refractivity contribution in [2.24, 2.45) is 0 Å². The lowest BCUT2D eigenvalue weighted by molar-refractivity contribution is 0.0936. The largest absolute Gasteiger partial charge is 0.493 e. The fourth-order valence-corrected chi connectivity index (χ4v) is 3.52. The number of ether oxygens (including phenoxy) is 2. The van der Waals surface area contributed by atoms with Crippen molar-refractivity contribution in [3.63, 3.8) is 0 Å². The maximum Gasteiger partial charge on any atom is 0.255 e. The van der Waals surface area contributed by atoms with Crippen LogP contribution in [0.3, 0.4) is 0 Å². The molecular formula is C21H26N2O3. The molecule has 1 aliphatic rings. The van der Waals surface area contributed by atoms with Crippen LogP contribution in [0.4, 0.5) is 0 Å². The molecule has 1 atom stereocenters. The minimum absolute atomic E-state index is 0.132. The minimum Gasteiger partial charge on any atom is -0.493 e. The molecule has 26 heavy (non-hydrogen) atoms. The third-order valence-corrected chi connectivity index (χ3v) is 4.87. The Balaban J connectivity index is 1.62. The zero-order valence-corrected chi connectivity index (χ0v) is 15.4. The average Bonchev–Trinajstić information content (AvgIpc) is 3.13. The van der Waals surface area contributed by atoms with Crippen molar-refractivity contribution in [3.8, 4) is 11.5 Å². The molecule has 1 heterocycles. The first-order valence-corrected chi connectivity index (χ1v) is 9.00. The van der Waals surface area contributed by atoms with Gasteiger partial charge in [-0.2, -0.15) is 0 Å². The van der Waals surface area contributed by atoms with Crippen LogP contribution in [0.5, 0.6) is 11.5 Å². The van der Waals surface area contributed by atoms with Gasteiger partial charge in [0.1, 0.15) is 0 Å². The summed E-state index contributed by atoms with van der Waals surface area (Å²) in [5.41, 5.74) is 1.81. The van der Waals surface area contributed by atoms with Crippen molar-refractivity contribution in [1.82, 2.24) is 10.2 Å². The van der Waals surface area contributed by atoms with Crippen molar-refractivity contribution in [1.29, 1.82) is 0 Å². The highest BCUT2D eigenvalue weighted by Gasteiger charge is 2.25. The molecule has 3 rings (SSSR count). The number of nitrogens with zero attached hydrogens (tertiary/aromatic N) is 1. The maximum absolute atomic E-state index is 12.6. The van der Waals surface area contributed by atoms with E-state index in [0.29, 0.717) is 29.6 Å². The normalized spacial score (nSPS) is 17.1. The Morgan fingerprint density at radius 3 is 2.65 bits per heavy atom. The molecule has 1 N–H and O–H groups in total. The van der Waals surface area contributed by atoms with Gasteiger partial charge in [0.2, 0.25) is 0 Å². The van der Waals surface area contributed by atoms with Crippen molar-refractivity contribution in [2.45, 2.75) is 25.4 Å². The van der Waals surface area contributed by atoms with Gasteiger partial charge in [-0.25, -0.2) is 0 Å². The summed E-state index contributed by atoms with van der Waals surface area (Å²) < 4.78 is 10.6. The van der Waals surface area contributed by atoms with Gasteiger partial charge in [0.15, 0.2) is 11.5 Å². The monoisotopic (exact) mass is 354 g/mol. The van der Waals surface area contributed by atoms with Gasteiger partial charge in [-0.3, -0.25) is 9.69 Å². The average molecular weight is 354 g/mol. The predicted molar refractivity (Wildman–Crippen MR) is 102 cm³/mol. The first-order valence-electron chi connectivity index (χ1n) is 9.00. The van der Waals surface area contributed by atoms with E-state index in [9.17, 15) is 4.79 Å². The zero-order chi connectivity index (χ0) is 18.4. The number of rotatable bonds is 7. The molecule has 1 saturated heterocycles. The Bertz CT molecular complexity index is 733. The van der Waals surface area contributed by atoms with E-state index >= 15 is 0 Å². The number of nitrogens with one attached hydrogen (secondary N) is 1. The lowest BCUT2D eigenvalue weighted by atomic mass is 10.1. The van der Waals surface area contributed by atoms with Gasteiger partial charge >= 0.3 is 0 Å². The SMILES string of the molecule is COc1cccc(C(=O)NC[C@H]2CCCN2Cc2ccccc2)c1OC. The molecule has 5 nitrogen and oxygen atoms in total. The molecule has 5 heteroatoms. The van der Waals surface area contributed by atoms with Crippen molar-refractivity contribution >= 4 is 5.91 Å². The summed E-state index contributed by atoms with van der Waals surface area (Å²) in [7, 11) is 3.12. The molecule has 2 aromatic carbocycles. The second-order valence-corrected chi connectivity index (χ2v) is 6.50. The number of carbonyl (C=O) groups is 1.